The highest BCUT2D eigenvalue weighted by Gasteiger charge is 2.30. The number of nitrogens with one attached hydrogen (secondary N) is 2. The van der Waals surface area contributed by atoms with Crippen LogP contribution in [-0.2, 0) is 4.74 Å². The summed E-state index contributed by atoms with van der Waals surface area (Å²) in [5, 5.41) is 17.9. The predicted octanol–water partition coefficient (Wildman–Crippen LogP) is 5.84. The lowest BCUT2D eigenvalue weighted by atomic mass is 10.0. The number of carbonyl (C=O) groups excluding carboxylic acids is 2. The molecule has 4 atom stereocenters. The summed E-state index contributed by atoms with van der Waals surface area (Å²) in [7, 11) is 4.03. The van der Waals surface area contributed by atoms with Crippen molar-refractivity contribution < 1.29 is 24.2 Å². The van der Waals surface area contributed by atoms with E-state index in [1.54, 1.807) is 23.1 Å². The number of aliphatic hydroxyl groups excluding tert-OH is 1. The van der Waals surface area contributed by atoms with Crippen molar-refractivity contribution in [1.82, 2.24) is 9.80 Å². The van der Waals surface area contributed by atoms with Crippen LogP contribution in [0.5, 0.6) is 5.75 Å². The molecular formula is C34H46N4O5. The highest BCUT2D eigenvalue weighted by atomic mass is 16.5. The first-order valence-corrected chi connectivity index (χ1v) is 15.2. The Morgan fingerprint density at radius 2 is 1.84 bits per heavy atom. The minimum atomic E-state index is -0.431. The fourth-order valence-electron chi connectivity index (χ4n) is 5.44. The third kappa shape index (κ3) is 8.69. The first-order chi connectivity index (χ1) is 20.7. The van der Waals surface area contributed by atoms with E-state index in [2.05, 4.69) is 22.5 Å². The summed E-state index contributed by atoms with van der Waals surface area (Å²) < 4.78 is 12.6. The quantitative estimate of drug-likeness (QED) is 0.333. The molecule has 3 aromatic rings. The molecule has 3 aromatic carbocycles. The molecule has 0 saturated carbocycles. The van der Waals surface area contributed by atoms with Crippen LogP contribution in [0.1, 0.15) is 50.4 Å². The molecular weight excluding hydrogens is 544 g/mol. The number of ether oxygens (including phenoxy) is 2. The summed E-state index contributed by atoms with van der Waals surface area (Å²) in [6, 6.07) is 17.9. The van der Waals surface area contributed by atoms with Gasteiger partial charge in [-0.2, -0.15) is 0 Å². The van der Waals surface area contributed by atoms with Crippen molar-refractivity contribution in [2.24, 2.45) is 5.92 Å². The Balaban J connectivity index is 1.63. The number of fused-ring (bicyclic) bond motifs is 2. The molecule has 3 amide bonds. The summed E-state index contributed by atoms with van der Waals surface area (Å²) >= 11 is 0. The Bertz CT molecular complexity index is 1370. The van der Waals surface area contributed by atoms with Gasteiger partial charge in [0.2, 0.25) is 0 Å². The molecule has 0 aromatic heterocycles. The molecule has 0 saturated heterocycles. The van der Waals surface area contributed by atoms with Crippen LogP contribution < -0.4 is 15.4 Å². The molecule has 4 rings (SSSR count). The Morgan fingerprint density at radius 3 is 2.60 bits per heavy atom. The smallest absolute Gasteiger partial charge is 0.323 e. The number of rotatable bonds is 6. The molecule has 1 heterocycles. The van der Waals surface area contributed by atoms with Crippen LogP contribution in [0.3, 0.4) is 0 Å². The van der Waals surface area contributed by atoms with Crippen LogP contribution in [0, 0.1) is 5.92 Å². The Labute approximate surface area is 255 Å². The van der Waals surface area contributed by atoms with Crippen LogP contribution in [0.15, 0.2) is 60.7 Å². The zero-order chi connectivity index (χ0) is 30.9. The molecule has 1 aliphatic heterocycles. The minimum absolute atomic E-state index is 0.0133. The Kier molecular flexibility index (Phi) is 11.4. The van der Waals surface area contributed by atoms with Gasteiger partial charge in [0.25, 0.3) is 5.91 Å². The number of aliphatic hydroxyl groups is 1. The SMILES string of the molecule is C[C@@H]1CCCCO[C@@H](CN(C)C)[C@@H](C)CN([C@H](C)CO)C(=O)c2cc(NC(=O)Nc3cccc4ccccc34)ccc2O1. The highest BCUT2D eigenvalue weighted by Crippen LogP contribution is 2.29. The first kappa shape index (κ1) is 32.3. The molecule has 232 valence electrons. The van der Waals surface area contributed by atoms with Gasteiger partial charge in [-0.25, -0.2) is 4.79 Å². The zero-order valence-electron chi connectivity index (χ0n) is 26.0. The maximum atomic E-state index is 14.2. The average molecular weight is 591 g/mol. The number of urea groups is 1. The summed E-state index contributed by atoms with van der Waals surface area (Å²) in [4.78, 5) is 31.1. The molecule has 0 unspecified atom stereocenters. The summed E-state index contributed by atoms with van der Waals surface area (Å²) in [6.45, 7) is 7.49. The fraction of sp³-hybridized carbons (Fsp3) is 0.471. The lowest BCUT2D eigenvalue weighted by molar-refractivity contribution is -0.0137. The standard InChI is InChI=1S/C34H46N4O5/c1-23-20-38(24(2)22-39)33(40)29-19-27(35-34(41)36-30-15-10-13-26-12-6-7-14-28(26)30)16-17-31(29)43-25(3)11-8-9-18-42-32(23)21-37(4)5/h6-7,10,12-17,19,23-25,32,39H,8-9,11,18,20-22H2,1-5H3,(H2,35,36,41)/t23-,24+,25+,32-/m0/s1. The van der Waals surface area contributed by atoms with E-state index in [4.69, 9.17) is 9.47 Å². The van der Waals surface area contributed by atoms with Crippen molar-refractivity contribution in [3.05, 3.63) is 66.2 Å². The second-order valence-electron chi connectivity index (χ2n) is 11.9. The van der Waals surface area contributed by atoms with Crippen molar-refractivity contribution in [3.63, 3.8) is 0 Å². The van der Waals surface area contributed by atoms with E-state index in [0.717, 1.165) is 36.6 Å². The zero-order valence-corrected chi connectivity index (χ0v) is 26.0. The van der Waals surface area contributed by atoms with E-state index in [1.165, 1.54) is 0 Å². The van der Waals surface area contributed by atoms with Gasteiger partial charge in [0.1, 0.15) is 5.75 Å². The van der Waals surface area contributed by atoms with Crippen LogP contribution >= 0.6 is 0 Å². The van der Waals surface area contributed by atoms with Crippen LogP contribution in [0.4, 0.5) is 16.2 Å². The molecule has 0 spiro atoms. The lowest BCUT2D eigenvalue weighted by Crippen LogP contribution is -2.47. The van der Waals surface area contributed by atoms with Crippen molar-refractivity contribution in [1.29, 1.82) is 0 Å². The van der Waals surface area contributed by atoms with E-state index in [0.29, 0.717) is 35.8 Å². The number of nitrogens with zero attached hydrogens (tertiary/aromatic N) is 2. The molecule has 0 aliphatic carbocycles. The van der Waals surface area contributed by atoms with E-state index >= 15 is 0 Å². The second kappa shape index (κ2) is 15.2. The number of benzene rings is 3. The van der Waals surface area contributed by atoms with Gasteiger partial charge < -0.3 is 35.0 Å². The normalized spacial score (nSPS) is 21.0. The largest absolute Gasteiger partial charge is 0.490 e. The number of likely N-dealkylation sites (N-methyl/N-ethyl adjacent to an activating group) is 1. The van der Waals surface area contributed by atoms with Crippen molar-refractivity contribution >= 4 is 34.1 Å². The third-order valence-corrected chi connectivity index (χ3v) is 7.89. The summed E-state index contributed by atoms with van der Waals surface area (Å²) in [6.07, 6.45) is 2.48. The fourth-order valence-corrected chi connectivity index (χ4v) is 5.44. The summed E-state index contributed by atoms with van der Waals surface area (Å²) in [5.41, 5.74) is 1.48. The Morgan fingerprint density at radius 1 is 1.07 bits per heavy atom. The molecule has 9 nitrogen and oxygen atoms in total. The van der Waals surface area contributed by atoms with Gasteiger partial charge in [0.15, 0.2) is 0 Å². The maximum Gasteiger partial charge on any atom is 0.323 e. The van der Waals surface area contributed by atoms with Crippen LogP contribution in [0.2, 0.25) is 0 Å². The molecule has 43 heavy (non-hydrogen) atoms. The second-order valence-corrected chi connectivity index (χ2v) is 11.9. The maximum absolute atomic E-state index is 14.2. The molecule has 1 aliphatic rings. The molecule has 0 fully saturated rings. The van der Waals surface area contributed by atoms with Crippen molar-refractivity contribution in [2.75, 3.05) is 51.0 Å². The number of carbonyl (C=O) groups is 2. The molecule has 0 bridgehead atoms. The van der Waals surface area contributed by atoms with Gasteiger partial charge in [0.05, 0.1) is 36.1 Å². The topological polar surface area (TPSA) is 103 Å². The lowest BCUT2D eigenvalue weighted by Gasteiger charge is -2.35. The van der Waals surface area contributed by atoms with E-state index in [-0.39, 0.29) is 30.6 Å². The van der Waals surface area contributed by atoms with E-state index < -0.39 is 12.1 Å². The molecule has 3 N–H and O–H groups in total. The van der Waals surface area contributed by atoms with E-state index in [9.17, 15) is 14.7 Å². The van der Waals surface area contributed by atoms with Gasteiger partial charge in [-0.05, 0) is 76.9 Å². The first-order valence-electron chi connectivity index (χ1n) is 15.2. The predicted molar refractivity (Wildman–Crippen MR) is 172 cm³/mol. The molecule has 9 heteroatoms. The Hall–Kier alpha value is -3.66. The van der Waals surface area contributed by atoms with Gasteiger partial charge in [-0.1, -0.05) is 43.3 Å². The number of anilines is 2. The van der Waals surface area contributed by atoms with Crippen molar-refractivity contribution in [3.8, 4) is 5.75 Å². The van der Waals surface area contributed by atoms with Gasteiger partial charge in [-0.3, -0.25) is 4.79 Å². The third-order valence-electron chi connectivity index (χ3n) is 7.89. The summed E-state index contributed by atoms with van der Waals surface area (Å²) in [5.74, 6) is 0.201. The van der Waals surface area contributed by atoms with Gasteiger partial charge in [-0.15, -0.1) is 0 Å². The van der Waals surface area contributed by atoms with Crippen LogP contribution in [-0.4, -0.2) is 85.5 Å². The van der Waals surface area contributed by atoms with Gasteiger partial charge >= 0.3 is 6.03 Å². The minimum Gasteiger partial charge on any atom is -0.490 e. The number of amides is 3. The van der Waals surface area contributed by atoms with Crippen LogP contribution in [0.25, 0.3) is 10.8 Å². The molecule has 0 radical (unpaired) electrons. The van der Waals surface area contributed by atoms with Crippen molar-refractivity contribution in [2.45, 2.75) is 58.3 Å². The highest BCUT2D eigenvalue weighted by molar-refractivity contribution is 6.07. The van der Waals surface area contributed by atoms with Gasteiger partial charge in [0, 0.05) is 36.7 Å². The van der Waals surface area contributed by atoms with E-state index in [1.807, 2.05) is 70.4 Å². The number of hydrogen-bond donors (Lipinski definition) is 3. The monoisotopic (exact) mass is 590 g/mol. The average Bonchev–Trinajstić information content (AvgIpc) is 2.98. The number of hydrogen-bond acceptors (Lipinski definition) is 6.